The van der Waals surface area contributed by atoms with Gasteiger partial charge in [-0.15, -0.1) is 0 Å². The minimum atomic E-state index is -0.00519. The Balaban J connectivity index is 3.26. The van der Waals surface area contributed by atoms with Crippen molar-refractivity contribution < 1.29 is 19.1 Å². The van der Waals surface area contributed by atoms with Crippen molar-refractivity contribution in [3.63, 3.8) is 0 Å². The second-order valence-electron chi connectivity index (χ2n) is 11.4. The molecule has 1 unspecified atom stereocenters. The molecule has 0 radical (unpaired) electrons. The molecule has 0 fully saturated rings. The fourth-order valence-electron chi connectivity index (χ4n) is 4.83. The van der Waals surface area contributed by atoms with Crippen molar-refractivity contribution in [2.75, 3.05) is 13.2 Å². The fourth-order valence-corrected chi connectivity index (χ4v) is 4.83. The highest BCUT2D eigenvalue weighted by molar-refractivity contribution is 5.69. The summed E-state index contributed by atoms with van der Waals surface area (Å²) in [7, 11) is 0. The van der Waals surface area contributed by atoms with Crippen LogP contribution in [0.25, 0.3) is 0 Å². The Morgan fingerprint density at radius 2 is 0.865 bits per heavy atom. The Bertz CT molecular complexity index is 491. The minimum absolute atomic E-state index is 0.00329. The Morgan fingerprint density at radius 3 is 1.32 bits per heavy atom. The van der Waals surface area contributed by atoms with E-state index in [2.05, 4.69) is 20.8 Å². The molecule has 0 rings (SSSR count). The molecule has 4 nitrogen and oxygen atoms in total. The Kier molecular flexibility index (Phi) is 28.7. The molecule has 0 bridgehead atoms. The number of unbranched alkanes of at least 4 members (excludes halogenated alkanes) is 19. The molecule has 0 saturated carbocycles. The molecule has 0 saturated heterocycles. The second kappa shape index (κ2) is 29.5. The molecule has 0 aromatic rings. The smallest absolute Gasteiger partial charge is 0.306 e. The molecule has 0 aliphatic rings. The van der Waals surface area contributed by atoms with Crippen LogP contribution in [-0.2, 0) is 19.1 Å². The predicted molar refractivity (Wildman–Crippen MR) is 158 cm³/mol. The van der Waals surface area contributed by atoms with Crippen LogP contribution in [0.2, 0.25) is 0 Å². The summed E-state index contributed by atoms with van der Waals surface area (Å²) in [4.78, 5) is 23.6. The minimum Gasteiger partial charge on any atom is -0.466 e. The van der Waals surface area contributed by atoms with Crippen LogP contribution in [0, 0.1) is 5.92 Å². The summed E-state index contributed by atoms with van der Waals surface area (Å²) in [5.74, 6) is 0.440. The molecular formula is C33H64O4. The van der Waals surface area contributed by atoms with Crippen LogP contribution in [0.5, 0.6) is 0 Å². The molecule has 0 N–H and O–H groups in total. The van der Waals surface area contributed by atoms with Gasteiger partial charge in [0.2, 0.25) is 0 Å². The summed E-state index contributed by atoms with van der Waals surface area (Å²) >= 11 is 0. The zero-order valence-electron chi connectivity index (χ0n) is 25.3. The van der Waals surface area contributed by atoms with Crippen molar-refractivity contribution in [3.05, 3.63) is 0 Å². The van der Waals surface area contributed by atoms with Gasteiger partial charge in [-0.05, 0) is 25.2 Å². The van der Waals surface area contributed by atoms with Crippen LogP contribution < -0.4 is 0 Å². The molecule has 220 valence electrons. The molecule has 0 amide bonds. The van der Waals surface area contributed by atoms with Gasteiger partial charge >= 0.3 is 11.9 Å². The molecule has 0 spiro atoms. The van der Waals surface area contributed by atoms with Crippen molar-refractivity contribution >= 4 is 11.9 Å². The normalized spacial score (nSPS) is 12.0. The first kappa shape index (κ1) is 35.9. The van der Waals surface area contributed by atoms with E-state index in [1.54, 1.807) is 0 Å². The standard InChI is InChI=1S/C33H64O4/c1-4-6-8-24-28-36-32(34)27-23-21-19-17-15-13-11-10-12-14-16-18-20-22-26-31(3)30-33(35)37-29-25-9-7-5-2/h31H,4-30H2,1-3H3. The predicted octanol–water partition coefficient (Wildman–Crippen LogP) is 10.5. The van der Waals surface area contributed by atoms with Crippen molar-refractivity contribution in [3.8, 4) is 0 Å². The molecule has 0 heterocycles. The highest BCUT2D eigenvalue weighted by Gasteiger charge is 2.10. The van der Waals surface area contributed by atoms with Gasteiger partial charge in [-0.2, -0.15) is 0 Å². The van der Waals surface area contributed by atoms with Gasteiger partial charge in [0.1, 0.15) is 0 Å². The zero-order valence-corrected chi connectivity index (χ0v) is 25.3. The van der Waals surface area contributed by atoms with Gasteiger partial charge in [0.05, 0.1) is 13.2 Å². The molecule has 1 atom stereocenters. The summed E-state index contributed by atoms with van der Waals surface area (Å²) in [6.07, 6.45) is 29.7. The third-order valence-corrected chi connectivity index (χ3v) is 7.36. The van der Waals surface area contributed by atoms with E-state index in [0.717, 1.165) is 32.1 Å². The Hall–Kier alpha value is -1.06. The van der Waals surface area contributed by atoms with Crippen LogP contribution in [0.3, 0.4) is 0 Å². The van der Waals surface area contributed by atoms with Gasteiger partial charge < -0.3 is 9.47 Å². The lowest BCUT2D eigenvalue weighted by atomic mass is 9.98. The van der Waals surface area contributed by atoms with E-state index >= 15 is 0 Å². The number of carbonyl (C=O) groups excluding carboxylic acids is 2. The quantitative estimate of drug-likeness (QED) is 0.0721. The molecule has 4 heteroatoms. The number of hydrogen-bond donors (Lipinski definition) is 0. The third kappa shape index (κ3) is 29.4. The summed E-state index contributed by atoms with van der Waals surface area (Å²) < 4.78 is 10.7. The van der Waals surface area contributed by atoms with E-state index < -0.39 is 0 Å². The van der Waals surface area contributed by atoms with Crippen molar-refractivity contribution in [2.45, 2.75) is 181 Å². The highest BCUT2D eigenvalue weighted by Crippen LogP contribution is 2.17. The van der Waals surface area contributed by atoms with Crippen LogP contribution >= 0.6 is 0 Å². The van der Waals surface area contributed by atoms with E-state index in [9.17, 15) is 9.59 Å². The maximum atomic E-state index is 11.9. The van der Waals surface area contributed by atoms with Gasteiger partial charge in [-0.1, -0.05) is 149 Å². The number of esters is 2. The molecule has 0 aromatic heterocycles. The lowest BCUT2D eigenvalue weighted by molar-refractivity contribution is -0.145. The first-order valence-corrected chi connectivity index (χ1v) is 16.4. The average Bonchev–Trinajstić information content (AvgIpc) is 2.88. The third-order valence-electron chi connectivity index (χ3n) is 7.36. The molecule has 0 aliphatic carbocycles. The van der Waals surface area contributed by atoms with Gasteiger partial charge in [0, 0.05) is 12.8 Å². The monoisotopic (exact) mass is 524 g/mol. The SMILES string of the molecule is CCCCCCOC(=O)CCCCCCCCCCCCCCCCC(C)CC(=O)OCCCCCC. The lowest BCUT2D eigenvalue weighted by Gasteiger charge is -2.11. The van der Waals surface area contributed by atoms with Gasteiger partial charge in [0.15, 0.2) is 0 Å². The van der Waals surface area contributed by atoms with Gasteiger partial charge in [-0.25, -0.2) is 0 Å². The number of rotatable bonds is 29. The van der Waals surface area contributed by atoms with Crippen molar-refractivity contribution in [1.29, 1.82) is 0 Å². The van der Waals surface area contributed by atoms with Crippen LogP contribution in [0.4, 0.5) is 0 Å². The van der Waals surface area contributed by atoms with E-state index in [0.29, 0.717) is 32.0 Å². The number of ether oxygens (including phenoxy) is 2. The first-order valence-electron chi connectivity index (χ1n) is 16.4. The number of carbonyl (C=O) groups is 2. The zero-order chi connectivity index (χ0) is 27.2. The topological polar surface area (TPSA) is 52.6 Å². The Labute approximate surface area is 231 Å². The summed E-state index contributed by atoms with van der Waals surface area (Å²) in [6, 6.07) is 0. The fraction of sp³-hybridized carbons (Fsp3) is 0.939. The van der Waals surface area contributed by atoms with Gasteiger partial charge in [-0.3, -0.25) is 9.59 Å². The van der Waals surface area contributed by atoms with Crippen molar-refractivity contribution in [1.82, 2.24) is 0 Å². The van der Waals surface area contributed by atoms with E-state index in [-0.39, 0.29) is 11.9 Å². The Morgan fingerprint density at radius 1 is 0.486 bits per heavy atom. The molecule has 0 aliphatic heterocycles. The largest absolute Gasteiger partial charge is 0.466 e. The summed E-state index contributed by atoms with van der Waals surface area (Å²) in [6.45, 7) is 7.78. The van der Waals surface area contributed by atoms with Gasteiger partial charge in [0.25, 0.3) is 0 Å². The highest BCUT2D eigenvalue weighted by atomic mass is 16.5. The molecular weight excluding hydrogens is 460 g/mol. The number of hydrogen-bond acceptors (Lipinski definition) is 4. The van der Waals surface area contributed by atoms with Crippen molar-refractivity contribution in [2.24, 2.45) is 5.92 Å². The van der Waals surface area contributed by atoms with E-state index in [1.807, 2.05) is 0 Å². The molecule has 0 aromatic carbocycles. The van der Waals surface area contributed by atoms with E-state index in [4.69, 9.17) is 9.47 Å². The average molecular weight is 525 g/mol. The van der Waals surface area contributed by atoms with E-state index in [1.165, 1.54) is 116 Å². The van der Waals surface area contributed by atoms with Crippen LogP contribution in [-0.4, -0.2) is 25.2 Å². The van der Waals surface area contributed by atoms with Crippen LogP contribution in [0.1, 0.15) is 181 Å². The lowest BCUT2D eigenvalue weighted by Crippen LogP contribution is -2.10. The maximum Gasteiger partial charge on any atom is 0.306 e. The van der Waals surface area contributed by atoms with Crippen LogP contribution in [0.15, 0.2) is 0 Å². The molecule has 37 heavy (non-hydrogen) atoms. The first-order chi connectivity index (χ1) is 18.1. The maximum absolute atomic E-state index is 11.9. The second-order valence-corrected chi connectivity index (χ2v) is 11.4. The summed E-state index contributed by atoms with van der Waals surface area (Å²) in [5, 5.41) is 0. The summed E-state index contributed by atoms with van der Waals surface area (Å²) in [5.41, 5.74) is 0.